The van der Waals surface area contributed by atoms with Crippen LogP contribution in [0.4, 0.5) is 5.69 Å². The predicted molar refractivity (Wildman–Crippen MR) is 91.7 cm³/mol. The average Bonchev–Trinajstić information content (AvgIpc) is 2.56. The fourth-order valence-electron chi connectivity index (χ4n) is 2.57. The van der Waals surface area contributed by atoms with Crippen molar-refractivity contribution in [1.82, 2.24) is 0 Å². The van der Waals surface area contributed by atoms with Crippen LogP contribution in [0.1, 0.15) is 24.8 Å². The molecule has 0 aromatic heterocycles. The van der Waals surface area contributed by atoms with Gasteiger partial charge in [-0.2, -0.15) is 5.26 Å². The molecular formula is C19H22N2O2. The van der Waals surface area contributed by atoms with Gasteiger partial charge in [-0.1, -0.05) is 24.3 Å². The van der Waals surface area contributed by atoms with Crippen LogP contribution in [0.3, 0.4) is 0 Å². The normalized spacial score (nSPS) is 11.5. The molecule has 0 saturated carbocycles. The molecule has 0 fully saturated rings. The Hall–Kier alpha value is -2.67. The monoisotopic (exact) mass is 310 g/mol. The average molecular weight is 310 g/mol. The molecule has 2 aromatic carbocycles. The number of hydrogen-bond acceptors (Lipinski definition) is 4. The van der Waals surface area contributed by atoms with E-state index in [4.69, 9.17) is 10.00 Å². The Morgan fingerprint density at radius 3 is 2.65 bits per heavy atom. The Morgan fingerprint density at radius 1 is 1.22 bits per heavy atom. The SMILES string of the molecule is COc1ccc(CC(CCCC#N)Nc2ccccc2)cc1O. The van der Waals surface area contributed by atoms with Crippen LogP contribution >= 0.6 is 0 Å². The van der Waals surface area contributed by atoms with Gasteiger partial charge in [0.2, 0.25) is 0 Å². The molecule has 1 atom stereocenters. The molecule has 0 aliphatic carbocycles. The molecule has 1 unspecified atom stereocenters. The number of benzene rings is 2. The van der Waals surface area contributed by atoms with Gasteiger partial charge >= 0.3 is 0 Å². The van der Waals surface area contributed by atoms with Crippen molar-refractivity contribution in [2.24, 2.45) is 0 Å². The van der Waals surface area contributed by atoms with Crippen LogP contribution in [0.25, 0.3) is 0 Å². The first-order valence-corrected chi connectivity index (χ1v) is 7.77. The van der Waals surface area contributed by atoms with E-state index in [1.807, 2.05) is 36.4 Å². The van der Waals surface area contributed by atoms with E-state index in [0.29, 0.717) is 12.2 Å². The third-order valence-corrected chi connectivity index (χ3v) is 3.71. The molecule has 120 valence electrons. The zero-order chi connectivity index (χ0) is 16.5. The summed E-state index contributed by atoms with van der Waals surface area (Å²) in [7, 11) is 1.54. The maximum Gasteiger partial charge on any atom is 0.160 e. The number of phenolic OH excluding ortho intramolecular Hbond substituents is 1. The van der Waals surface area contributed by atoms with Crippen molar-refractivity contribution in [1.29, 1.82) is 5.26 Å². The van der Waals surface area contributed by atoms with Crippen molar-refractivity contribution in [3.63, 3.8) is 0 Å². The van der Waals surface area contributed by atoms with Crippen LogP contribution in [0.2, 0.25) is 0 Å². The summed E-state index contributed by atoms with van der Waals surface area (Å²) < 4.78 is 5.08. The third-order valence-electron chi connectivity index (χ3n) is 3.71. The van der Waals surface area contributed by atoms with E-state index >= 15 is 0 Å². The molecule has 0 spiro atoms. The molecule has 0 amide bonds. The molecule has 0 bridgehead atoms. The summed E-state index contributed by atoms with van der Waals surface area (Å²) in [6, 6.07) is 17.9. The summed E-state index contributed by atoms with van der Waals surface area (Å²) in [6.07, 6.45) is 3.08. The predicted octanol–water partition coefficient (Wildman–Crippen LogP) is 4.12. The largest absolute Gasteiger partial charge is 0.504 e. The molecule has 4 nitrogen and oxygen atoms in total. The second-order valence-electron chi connectivity index (χ2n) is 5.47. The van der Waals surface area contributed by atoms with Gasteiger partial charge in [0.05, 0.1) is 13.2 Å². The number of para-hydroxylation sites is 1. The minimum absolute atomic E-state index is 0.153. The number of methoxy groups -OCH3 is 1. The summed E-state index contributed by atoms with van der Waals surface area (Å²) in [5.74, 6) is 0.631. The van der Waals surface area contributed by atoms with Gasteiger partial charge in [0.25, 0.3) is 0 Å². The minimum Gasteiger partial charge on any atom is -0.504 e. The highest BCUT2D eigenvalue weighted by molar-refractivity contribution is 5.45. The smallest absolute Gasteiger partial charge is 0.160 e. The lowest BCUT2D eigenvalue weighted by molar-refractivity contribution is 0.373. The number of nitriles is 1. The van der Waals surface area contributed by atoms with Crippen molar-refractivity contribution in [2.45, 2.75) is 31.7 Å². The Morgan fingerprint density at radius 2 is 2.00 bits per heavy atom. The van der Waals surface area contributed by atoms with Gasteiger partial charge in [0.1, 0.15) is 0 Å². The molecule has 2 aromatic rings. The summed E-state index contributed by atoms with van der Waals surface area (Å²) in [5.41, 5.74) is 2.10. The second-order valence-corrected chi connectivity index (χ2v) is 5.47. The summed E-state index contributed by atoms with van der Waals surface area (Å²) in [6.45, 7) is 0. The number of unbranched alkanes of at least 4 members (excludes halogenated alkanes) is 1. The molecule has 0 aliphatic heterocycles. The molecule has 0 radical (unpaired) electrons. The number of anilines is 1. The van der Waals surface area contributed by atoms with Gasteiger partial charge in [0.15, 0.2) is 11.5 Å². The van der Waals surface area contributed by atoms with E-state index in [-0.39, 0.29) is 11.8 Å². The second kappa shape index (κ2) is 8.70. The first-order chi connectivity index (χ1) is 11.2. The van der Waals surface area contributed by atoms with E-state index in [2.05, 4.69) is 11.4 Å². The van der Waals surface area contributed by atoms with Gasteiger partial charge in [-0.15, -0.1) is 0 Å². The van der Waals surface area contributed by atoms with Crippen LogP contribution in [0, 0.1) is 11.3 Å². The van der Waals surface area contributed by atoms with Crippen LogP contribution in [0.15, 0.2) is 48.5 Å². The van der Waals surface area contributed by atoms with Crippen LogP contribution in [-0.4, -0.2) is 18.3 Å². The quantitative estimate of drug-likeness (QED) is 0.720. The van der Waals surface area contributed by atoms with Crippen molar-refractivity contribution >= 4 is 5.69 Å². The van der Waals surface area contributed by atoms with E-state index in [9.17, 15) is 5.11 Å². The molecule has 2 N–H and O–H groups in total. The third kappa shape index (κ3) is 5.23. The Balaban J connectivity index is 2.07. The van der Waals surface area contributed by atoms with Gasteiger partial charge in [-0.25, -0.2) is 0 Å². The topological polar surface area (TPSA) is 65.3 Å². The van der Waals surface area contributed by atoms with Gasteiger partial charge in [-0.05, 0) is 49.1 Å². The maximum atomic E-state index is 9.92. The molecular weight excluding hydrogens is 288 g/mol. The summed E-state index contributed by atoms with van der Waals surface area (Å²) >= 11 is 0. The van der Waals surface area contributed by atoms with E-state index in [1.165, 1.54) is 7.11 Å². The van der Waals surface area contributed by atoms with Gasteiger partial charge < -0.3 is 15.2 Å². The van der Waals surface area contributed by atoms with E-state index in [0.717, 1.165) is 30.5 Å². The highest BCUT2D eigenvalue weighted by atomic mass is 16.5. The number of nitrogens with one attached hydrogen (secondary N) is 1. The number of aromatic hydroxyl groups is 1. The van der Waals surface area contributed by atoms with Crippen molar-refractivity contribution in [2.75, 3.05) is 12.4 Å². The number of ether oxygens (including phenoxy) is 1. The highest BCUT2D eigenvalue weighted by Gasteiger charge is 2.11. The summed E-state index contributed by atoms with van der Waals surface area (Å²) in [5, 5.41) is 22.2. The number of rotatable bonds is 8. The summed E-state index contributed by atoms with van der Waals surface area (Å²) in [4.78, 5) is 0. The highest BCUT2D eigenvalue weighted by Crippen LogP contribution is 2.27. The number of nitrogens with zero attached hydrogens (tertiary/aromatic N) is 1. The lowest BCUT2D eigenvalue weighted by atomic mass is 10.00. The van der Waals surface area contributed by atoms with Crippen molar-refractivity contribution < 1.29 is 9.84 Å². The number of phenols is 1. The molecule has 2 rings (SSSR count). The standard InChI is InChI=1S/C19H22N2O2/c1-23-19-11-10-15(14-18(19)22)13-17(9-5-6-12-20)21-16-7-3-2-4-8-16/h2-4,7-8,10-11,14,17,21-22H,5-6,9,13H2,1H3. The van der Waals surface area contributed by atoms with Gasteiger partial charge in [0, 0.05) is 18.2 Å². The molecule has 0 saturated heterocycles. The van der Waals surface area contributed by atoms with E-state index < -0.39 is 0 Å². The molecule has 4 heteroatoms. The zero-order valence-electron chi connectivity index (χ0n) is 13.3. The Labute approximate surface area is 137 Å². The fourth-order valence-corrected chi connectivity index (χ4v) is 2.57. The maximum absolute atomic E-state index is 9.92. The minimum atomic E-state index is 0.153. The lowest BCUT2D eigenvalue weighted by Gasteiger charge is -2.20. The van der Waals surface area contributed by atoms with Crippen LogP contribution < -0.4 is 10.1 Å². The first-order valence-electron chi connectivity index (χ1n) is 7.77. The molecule has 0 aliphatic rings. The molecule has 23 heavy (non-hydrogen) atoms. The van der Waals surface area contributed by atoms with Crippen LogP contribution in [0.5, 0.6) is 11.5 Å². The van der Waals surface area contributed by atoms with Crippen molar-refractivity contribution in [3.05, 3.63) is 54.1 Å². The lowest BCUT2D eigenvalue weighted by Crippen LogP contribution is -2.22. The first kappa shape index (κ1) is 16.7. The van der Waals surface area contributed by atoms with Crippen LogP contribution in [-0.2, 0) is 6.42 Å². The zero-order valence-corrected chi connectivity index (χ0v) is 13.3. The number of hydrogen-bond donors (Lipinski definition) is 2. The Bertz CT molecular complexity index is 650. The molecule has 0 heterocycles. The Kier molecular flexibility index (Phi) is 6.31. The van der Waals surface area contributed by atoms with Gasteiger partial charge in [-0.3, -0.25) is 0 Å². The fraction of sp³-hybridized carbons (Fsp3) is 0.316. The van der Waals surface area contributed by atoms with E-state index in [1.54, 1.807) is 12.1 Å². The van der Waals surface area contributed by atoms with Crippen molar-refractivity contribution in [3.8, 4) is 17.6 Å².